The van der Waals surface area contributed by atoms with Crippen molar-refractivity contribution in [3.05, 3.63) is 30.1 Å². The van der Waals surface area contributed by atoms with Crippen LogP contribution in [0.25, 0.3) is 11.0 Å². The Balaban J connectivity index is 1.29. The summed E-state index contributed by atoms with van der Waals surface area (Å²) in [5.41, 5.74) is 2.00. The molecule has 4 N–H and O–H groups in total. The Morgan fingerprint density at radius 2 is 2.00 bits per heavy atom. The number of hydrogen-bond donors (Lipinski definition) is 4. The molecule has 1 aromatic heterocycles. The molecule has 2 aliphatic heterocycles. The van der Waals surface area contributed by atoms with Crippen molar-refractivity contribution in [2.24, 2.45) is 0 Å². The zero-order valence-corrected chi connectivity index (χ0v) is 18.3. The summed E-state index contributed by atoms with van der Waals surface area (Å²) in [6.07, 6.45) is -0.778. The third-order valence-corrected chi connectivity index (χ3v) is 5.55. The lowest BCUT2D eigenvalue weighted by Gasteiger charge is -2.24. The van der Waals surface area contributed by atoms with Crippen molar-refractivity contribution in [1.82, 2.24) is 20.6 Å². The molecule has 3 heterocycles. The monoisotopic (exact) mass is 432 g/mol. The number of rotatable bonds is 9. The number of nitrogens with zero attached hydrogens (tertiary/aromatic N) is 1. The topological polar surface area (TPSA) is 118 Å². The minimum atomic E-state index is -0.708. The van der Waals surface area contributed by atoms with Gasteiger partial charge in [-0.2, -0.15) is 0 Å². The molecule has 2 fully saturated rings. The van der Waals surface area contributed by atoms with Gasteiger partial charge in [-0.25, -0.2) is 4.98 Å². The highest BCUT2D eigenvalue weighted by Gasteiger charge is 2.55. The number of fused-ring (bicyclic) bond motifs is 2. The molecule has 31 heavy (non-hydrogen) atoms. The summed E-state index contributed by atoms with van der Waals surface area (Å²) in [6.45, 7) is 6.93. The van der Waals surface area contributed by atoms with E-state index in [1.165, 1.54) is 0 Å². The van der Waals surface area contributed by atoms with Crippen LogP contribution in [-0.2, 0) is 25.4 Å². The number of imidazole rings is 1. The molecular weight excluding hydrogens is 400 g/mol. The van der Waals surface area contributed by atoms with E-state index in [1.54, 1.807) is 6.92 Å². The normalized spacial score (nSPS) is 28.0. The van der Waals surface area contributed by atoms with Crippen LogP contribution in [0, 0.1) is 0 Å². The molecular formula is C22H32N4O5. The molecule has 2 aliphatic rings. The van der Waals surface area contributed by atoms with E-state index >= 15 is 0 Å². The number of nitrogens with one attached hydrogen (secondary N) is 3. The van der Waals surface area contributed by atoms with E-state index in [0.29, 0.717) is 6.54 Å². The third kappa shape index (κ3) is 5.42. The summed E-state index contributed by atoms with van der Waals surface area (Å²) in [5, 5.41) is 15.5. The largest absolute Gasteiger partial charge is 0.392 e. The van der Waals surface area contributed by atoms with E-state index in [2.05, 4.69) is 20.6 Å². The Morgan fingerprint density at radius 3 is 2.74 bits per heavy atom. The lowest BCUT2D eigenvalue weighted by atomic mass is 10.1. The van der Waals surface area contributed by atoms with Crippen LogP contribution in [0.4, 0.5) is 0 Å². The Labute approximate surface area is 181 Å². The number of aliphatic hydroxyl groups excluding tert-OH is 1. The fourth-order valence-corrected chi connectivity index (χ4v) is 4.19. The number of benzene rings is 1. The number of carbonyl (C=O) groups excluding carboxylic acids is 1. The summed E-state index contributed by atoms with van der Waals surface area (Å²) >= 11 is 0. The molecule has 4 rings (SSSR count). The molecule has 0 saturated carbocycles. The van der Waals surface area contributed by atoms with Crippen LogP contribution in [0.5, 0.6) is 0 Å². The van der Waals surface area contributed by atoms with E-state index < -0.39 is 11.9 Å². The van der Waals surface area contributed by atoms with Crippen LogP contribution in [0.15, 0.2) is 24.3 Å². The number of hydrogen-bond acceptors (Lipinski definition) is 7. The second-order valence-corrected chi connectivity index (χ2v) is 8.79. The molecule has 0 radical (unpaired) electrons. The molecule has 2 saturated heterocycles. The predicted molar refractivity (Wildman–Crippen MR) is 114 cm³/mol. The van der Waals surface area contributed by atoms with E-state index in [-0.39, 0.29) is 43.3 Å². The summed E-state index contributed by atoms with van der Waals surface area (Å²) in [4.78, 5) is 20.2. The maximum atomic E-state index is 12.2. The molecule has 170 valence electrons. The van der Waals surface area contributed by atoms with E-state index in [9.17, 15) is 9.90 Å². The molecule has 1 aromatic carbocycles. The maximum absolute atomic E-state index is 12.2. The van der Waals surface area contributed by atoms with Crippen LogP contribution in [0.3, 0.4) is 0 Å². The molecule has 0 unspecified atom stereocenters. The molecule has 9 heteroatoms. The minimum Gasteiger partial charge on any atom is -0.392 e. The zero-order valence-electron chi connectivity index (χ0n) is 18.3. The van der Waals surface area contributed by atoms with Gasteiger partial charge in [0.2, 0.25) is 5.91 Å². The van der Waals surface area contributed by atoms with Crippen molar-refractivity contribution < 1.29 is 24.1 Å². The molecule has 2 aromatic rings. The van der Waals surface area contributed by atoms with Gasteiger partial charge in [-0.15, -0.1) is 0 Å². The predicted octanol–water partition coefficient (Wildman–Crippen LogP) is 0.870. The van der Waals surface area contributed by atoms with Crippen LogP contribution >= 0.6 is 0 Å². The van der Waals surface area contributed by atoms with Gasteiger partial charge in [0.25, 0.3) is 0 Å². The zero-order chi connectivity index (χ0) is 22.0. The molecule has 0 spiro atoms. The standard InChI is InChI=1S/C22H32N4O5/c1-13(27)11-24-19(28)10-16-20-21(31-22(2,3)30-20)17(29-16)12-23-9-8-18-25-14-6-4-5-7-15(14)26-18/h4-7,13,16-17,20-21,23,27H,8-12H2,1-3H3,(H,24,28)(H,25,26)/t13-,16-,17+,20+,21-/m1/s1. The van der Waals surface area contributed by atoms with Crippen molar-refractivity contribution in [2.45, 2.75) is 69.9 Å². The summed E-state index contributed by atoms with van der Waals surface area (Å²) in [5.74, 6) is 0.0598. The third-order valence-electron chi connectivity index (χ3n) is 5.55. The molecule has 0 aliphatic carbocycles. The van der Waals surface area contributed by atoms with Gasteiger partial charge < -0.3 is 34.9 Å². The smallest absolute Gasteiger partial charge is 0.222 e. The lowest BCUT2D eigenvalue weighted by molar-refractivity contribution is -0.187. The number of aliphatic hydroxyl groups is 1. The Hall–Kier alpha value is -2.04. The quantitative estimate of drug-likeness (QED) is 0.434. The highest BCUT2D eigenvalue weighted by molar-refractivity contribution is 5.76. The van der Waals surface area contributed by atoms with Crippen molar-refractivity contribution >= 4 is 16.9 Å². The minimum absolute atomic E-state index is 0.169. The second-order valence-electron chi connectivity index (χ2n) is 8.79. The van der Waals surface area contributed by atoms with E-state index in [4.69, 9.17) is 14.2 Å². The van der Waals surface area contributed by atoms with Crippen molar-refractivity contribution in [3.63, 3.8) is 0 Å². The SMILES string of the molecule is C[C@@H](O)CNC(=O)C[C@H]1O[C@@H](CNCCc2nc3ccccc3[nH]2)[C@H]2OC(C)(C)O[C@H]21. The average molecular weight is 433 g/mol. The molecule has 0 bridgehead atoms. The summed E-state index contributed by atoms with van der Waals surface area (Å²) in [7, 11) is 0. The first-order valence-corrected chi connectivity index (χ1v) is 10.9. The van der Waals surface area contributed by atoms with Gasteiger partial charge >= 0.3 is 0 Å². The van der Waals surface area contributed by atoms with Gasteiger partial charge in [0.1, 0.15) is 18.0 Å². The fraction of sp³-hybridized carbons (Fsp3) is 0.636. The highest BCUT2D eigenvalue weighted by atomic mass is 16.8. The summed E-state index contributed by atoms with van der Waals surface area (Å²) in [6, 6.07) is 7.97. The second kappa shape index (κ2) is 9.22. The fourth-order valence-electron chi connectivity index (χ4n) is 4.19. The number of amides is 1. The first-order valence-electron chi connectivity index (χ1n) is 10.9. The Bertz CT molecular complexity index is 866. The van der Waals surface area contributed by atoms with Crippen LogP contribution in [-0.4, -0.2) is 76.9 Å². The molecule has 5 atom stereocenters. The van der Waals surface area contributed by atoms with Crippen molar-refractivity contribution in [3.8, 4) is 0 Å². The van der Waals surface area contributed by atoms with Gasteiger partial charge in [-0.1, -0.05) is 12.1 Å². The van der Waals surface area contributed by atoms with Crippen LogP contribution < -0.4 is 10.6 Å². The van der Waals surface area contributed by atoms with Crippen LogP contribution in [0.1, 0.15) is 33.0 Å². The number of aromatic nitrogens is 2. The van der Waals surface area contributed by atoms with Crippen LogP contribution in [0.2, 0.25) is 0 Å². The van der Waals surface area contributed by atoms with Crippen molar-refractivity contribution in [1.29, 1.82) is 0 Å². The maximum Gasteiger partial charge on any atom is 0.222 e. The first-order chi connectivity index (χ1) is 14.8. The van der Waals surface area contributed by atoms with Gasteiger partial charge in [0.05, 0.1) is 35.8 Å². The summed E-state index contributed by atoms with van der Waals surface area (Å²) < 4.78 is 18.2. The number of H-pyrrole nitrogens is 1. The highest BCUT2D eigenvalue weighted by Crippen LogP contribution is 2.39. The number of carbonyl (C=O) groups is 1. The first kappa shape index (κ1) is 22.2. The molecule has 1 amide bonds. The lowest BCUT2D eigenvalue weighted by Crippen LogP contribution is -2.38. The van der Waals surface area contributed by atoms with Crippen molar-refractivity contribution in [2.75, 3.05) is 19.6 Å². The van der Waals surface area contributed by atoms with Gasteiger partial charge in [0, 0.05) is 26.1 Å². The van der Waals surface area contributed by atoms with Gasteiger partial charge in [0.15, 0.2) is 5.79 Å². The van der Waals surface area contributed by atoms with Gasteiger partial charge in [-0.3, -0.25) is 4.79 Å². The Kier molecular flexibility index (Phi) is 6.59. The number of ether oxygens (including phenoxy) is 3. The van der Waals surface area contributed by atoms with E-state index in [1.807, 2.05) is 38.1 Å². The number of para-hydroxylation sites is 2. The Morgan fingerprint density at radius 1 is 1.26 bits per heavy atom. The van der Waals surface area contributed by atoms with Gasteiger partial charge in [-0.05, 0) is 32.9 Å². The van der Waals surface area contributed by atoms with E-state index in [0.717, 1.165) is 29.8 Å². The number of aromatic amines is 1. The average Bonchev–Trinajstić information content (AvgIpc) is 3.35. The molecule has 9 nitrogen and oxygen atoms in total.